The third kappa shape index (κ3) is 4.22. The van der Waals surface area contributed by atoms with Crippen molar-refractivity contribution < 1.29 is 4.79 Å². The Bertz CT molecular complexity index is 653. The molecular formula is C18H23N5O. The molecule has 3 rings (SSSR count). The Hall–Kier alpha value is -2.63. The molecule has 0 unspecified atom stereocenters. The van der Waals surface area contributed by atoms with Gasteiger partial charge in [-0.3, -0.25) is 4.98 Å². The molecule has 6 nitrogen and oxygen atoms in total. The van der Waals surface area contributed by atoms with Gasteiger partial charge in [0.2, 0.25) is 0 Å². The summed E-state index contributed by atoms with van der Waals surface area (Å²) in [7, 11) is 0. The molecule has 0 aliphatic carbocycles. The number of rotatable bonds is 4. The number of hydrogen-bond donors (Lipinski definition) is 2. The summed E-state index contributed by atoms with van der Waals surface area (Å²) in [6.07, 6.45) is 7.15. The van der Waals surface area contributed by atoms with Crippen LogP contribution in [0.2, 0.25) is 0 Å². The van der Waals surface area contributed by atoms with Gasteiger partial charge in [-0.2, -0.15) is 0 Å². The summed E-state index contributed by atoms with van der Waals surface area (Å²) in [4.78, 5) is 23.1. The summed E-state index contributed by atoms with van der Waals surface area (Å²) in [5, 5.41) is 5.69. The molecule has 0 saturated carbocycles. The van der Waals surface area contributed by atoms with Crippen molar-refractivity contribution in [1.82, 2.24) is 15.3 Å². The minimum atomic E-state index is -0.263. The molecular weight excluding hydrogens is 302 g/mol. The van der Waals surface area contributed by atoms with Gasteiger partial charge >= 0.3 is 6.03 Å². The first-order valence-corrected chi connectivity index (χ1v) is 8.42. The number of pyridine rings is 2. The lowest BCUT2D eigenvalue weighted by Gasteiger charge is -2.27. The van der Waals surface area contributed by atoms with Gasteiger partial charge in [-0.05, 0) is 50.5 Å². The Labute approximate surface area is 142 Å². The van der Waals surface area contributed by atoms with Gasteiger partial charge in [-0.25, -0.2) is 9.78 Å². The number of nitrogens with one attached hydrogen (secondary N) is 2. The predicted octanol–water partition coefficient (Wildman–Crippen LogP) is 3.35. The highest BCUT2D eigenvalue weighted by atomic mass is 16.2. The zero-order valence-electron chi connectivity index (χ0n) is 13.9. The molecule has 0 radical (unpaired) electrons. The number of hydrogen-bond acceptors (Lipinski definition) is 4. The quantitative estimate of drug-likeness (QED) is 0.904. The van der Waals surface area contributed by atoms with Gasteiger partial charge in [0.15, 0.2) is 0 Å². The predicted molar refractivity (Wildman–Crippen MR) is 95.1 cm³/mol. The average Bonchev–Trinajstić information content (AvgIpc) is 2.64. The van der Waals surface area contributed by atoms with E-state index in [0.717, 1.165) is 24.6 Å². The summed E-state index contributed by atoms with van der Waals surface area (Å²) in [6.45, 7) is 4.02. The van der Waals surface area contributed by atoms with Crippen molar-refractivity contribution in [3.8, 4) is 0 Å². The lowest BCUT2D eigenvalue weighted by Crippen LogP contribution is -2.32. The van der Waals surface area contributed by atoms with Gasteiger partial charge in [-0.15, -0.1) is 0 Å². The molecule has 0 spiro atoms. The SMILES string of the molecule is C[C@H](NC(=O)Nc1ccc(N2CCCCC2)nc1)c1ccccn1. The second kappa shape index (κ2) is 7.77. The maximum atomic E-state index is 12.1. The molecule has 0 bridgehead atoms. The number of amides is 2. The van der Waals surface area contributed by atoms with Crippen molar-refractivity contribution in [1.29, 1.82) is 0 Å². The van der Waals surface area contributed by atoms with E-state index >= 15 is 0 Å². The molecule has 1 aliphatic rings. The smallest absolute Gasteiger partial charge is 0.319 e. The molecule has 2 aromatic heterocycles. The number of piperidine rings is 1. The standard InChI is InChI=1S/C18H23N5O/c1-14(16-7-3-4-10-19-16)21-18(24)22-15-8-9-17(20-13-15)23-11-5-2-6-12-23/h3-4,7-10,13-14H,2,5-6,11-12H2,1H3,(H2,21,22,24)/t14-/m0/s1. The Morgan fingerprint density at radius 1 is 1.12 bits per heavy atom. The Morgan fingerprint density at radius 3 is 2.62 bits per heavy atom. The third-order valence-electron chi connectivity index (χ3n) is 4.16. The van der Waals surface area contributed by atoms with Gasteiger partial charge in [-0.1, -0.05) is 6.07 Å². The van der Waals surface area contributed by atoms with E-state index < -0.39 is 0 Å². The molecule has 1 fully saturated rings. The highest BCUT2D eigenvalue weighted by Gasteiger charge is 2.13. The van der Waals surface area contributed by atoms with Gasteiger partial charge in [0.05, 0.1) is 23.6 Å². The zero-order chi connectivity index (χ0) is 16.8. The van der Waals surface area contributed by atoms with E-state index in [2.05, 4.69) is 25.5 Å². The Kier molecular flexibility index (Phi) is 5.25. The van der Waals surface area contributed by atoms with Crippen LogP contribution in [0.5, 0.6) is 0 Å². The summed E-state index contributed by atoms with van der Waals surface area (Å²) < 4.78 is 0. The normalized spacial score (nSPS) is 15.6. The Morgan fingerprint density at radius 2 is 1.96 bits per heavy atom. The van der Waals surface area contributed by atoms with E-state index in [0.29, 0.717) is 5.69 Å². The summed E-state index contributed by atoms with van der Waals surface area (Å²) in [6, 6.07) is 9.07. The van der Waals surface area contributed by atoms with E-state index in [1.54, 1.807) is 12.4 Å². The van der Waals surface area contributed by atoms with E-state index in [9.17, 15) is 4.79 Å². The fraction of sp³-hybridized carbons (Fsp3) is 0.389. The number of carbonyl (C=O) groups excluding carboxylic acids is 1. The number of nitrogens with zero attached hydrogens (tertiary/aromatic N) is 3. The molecule has 2 N–H and O–H groups in total. The summed E-state index contributed by atoms with van der Waals surface area (Å²) in [5.74, 6) is 0.975. The Balaban J connectivity index is 1.54. The number of aromatic nitrogens is 2. The van der Waals surface area contributed by atoms with E-state index in [1.165, 1.54) is 19.3 Å². The van der Waals surface area contributed by atoms with Gasteiger partial charge < -0.3 is 15.5 Å². The van der Waals surface area contributed by atoms with E-state index in [-0.39, 0.29) is 12.1 Å². The highest BCUT2D eigenvalue weighted by Crippen LogP contribution is 2.19. The van der Waals surface area contributed by atoms with Crippen LogP contribution in [0.4, 0.5) is 16.3 Å². The summed E-state index contributed by atoms with van der Waals surface area (Å²) >= 11 is 0. The van der Waals surface area contributed by atoms with Crippen LogP contribution >= 0.6 is 0 Å². The van der Waals surface area contributed by atoms with Crippen molar-refractivity contribution >= 4 is 17.5 Å². The third-order valence-corrected chi connectivity index (χ3v) is 4.16. The maximum Gasteiger partial charge on any atom is 0.319 e. The summed E-state index contributed by atoms with van der Waals surface area (Å²) in [5.41, 5.74) is 1.51. The van der Waals surface area contributed by atoms with Gasteiger partial charge in [0.25, 0.3) is 0 Å². The monoisotopic (exact) mass is 325 g/mol. The average molecular weight is 325 g/mol. The highest BCUT2D eigenvalue weighted by molar-refractivity contribution is 5.89. The van der Waals surface area contributed by atoms with Crippen LogP contribution in [0, 0.1) is 0 Å². The molecule has 2 aromatic rings. The number of anilines is 2. The van der Waals surface area contributed by atoms with Crippen molar-refractivity contribution in [3.05, 3.63) is 48.4 Å². The molecule has 3 heterocycles. The molecule has 6 heteroatoms. The first-order valence-electron chi connectivity index (χ1n) is 8.42. The van der Waals surface area contributed by atoms with Crippen molar-refractivity contribution in [2.45, 2.75) is 32.2 Å². The molecule has 24 heavy (non-hydrogen) atoms. The van der Waals surface area contributed by atoms with Crippen LogP contribution in [-0.4, -0.2) is 29.1 Å². The molecule has 1 aliphatic heterocycles. The number of carbonyl (C=O) groups is 1. The fourth-order valence-corrected chi connectivity index (χ4v) is 2.84. The van der Waals surface area contributed by atoms with Crippen molar-refractivity contribution in [2.75, 3.05) is 23.3 Å². The minimum Gasteiger partial charge on any atom is -0.357 e. The minimum absolute atomic E-state index is 0.160. The van der Waals surface area contributed by atoms with Crippen molar-refractivity contribution in [2.24, 2.45) is 0 Å². The van der Waals surface area contributed by atoms with Crippen LogP contribution in [-0.2, 0) is 0 Å². The second-order valence-electron chi connectivity index (χ2n) is 6.03. The lowest BCUT2D eigenvalue weighted by molar-refractivity contribution is 0.249. The fourth-order valence-electron chi connectivity index (χ4n) is 2.84. The molecule has 1 saturated heterocycles. The van der Waals surface area contributed by atoms with Gasteiger partial charge in [0.1, 0.15) is 5.82 Å². The first-order chi connectivity index (χ1) is 11.7. The topological polar surface area (TPSA) is 70.2 Å². The molecule has 126 valence electrons. The first kappa shape index (κ1) is 16.2. The molecule has 2 amide bonds. The van der Waals surface area contributed by atoms with Crippen LogP contribution in [0.25, 0.3) is 0 Å². The molecule has 0 aromatic carbocycles. The van der Waals surface area contributed by atoms with Crippen molar-refractivity contribution in [3.63, 3.8) is 0 Å². The molecule has 1 atom stereocenters. The maximum absolute atomic E-state index is 12.1. The van der Waals surface area contributed by atoms with Crippen LogP contribution in [0.3, 0.4) is 0 Å². The van der Waals surface area contributed by atoms with Crippen LogP contribution in [0.1, 0.15) is 37.9 Å². The van der Waals surface area contributed by atoms with Gasteiger partial charge in [0, 0.05) is 19.3 Å². The second-order valence-corrected chi connectivity index (χ2v) is 6.03. The number of urea groups is 1. The lowest BCUT2D eigenvalue weighted by atomic mass is 10.1. The van der Waals surface area contributed by atoms with E-state index in [4.69, 9.17) is 0 Å². The zero-order valence-corrected chi connectivity index (χ0v) is 13.9. The van der Waals surface area contributed by atoms with Crippen LogP contribution in [0.15, 0.2) is 42.7 Å². The largest absolute Gasteiger partial charge is 0.357 e. The van der Waals surface area contributed by atoms with E-state index in [1.807, 2.05) is 37.3 Å². The van der Waals surface area contributed by atoms with Crippen LogP contribution < -0.4 is 15.5 Å².